The van der Waals surface area contributed by atoms with Gasteiger partial charge in [0.05, 0.1) is 12.1 Å². The van der Waals surface area contributed by atoms with Gasteiger partial charge in [0.25, 0.3) is 8.32 Å². The van der Waals surface area contributed by atoms with Gasteiger partial charge in [0.2, 0.25) is 0 Å². The van der Waals surface area contributed by atoms with Crippen molar-refractivity contribution in [2.45, 2.75) is 32.4 Å². The minimum absolute atomic E-state index is 0.0324. The van der Waals surface area contributed by atoms with Crippen molar-refractivity contribution in [2.24, 2.45) is 7.05 Å². The topological polar surface area (TPSA) is 27.1 Å². The Morgan fingerprint density at radius 3 is 2.00 bits per heavy atom. The Kier molecular flexibility index (Phi) is 5.71. The minimum Gasteiger partial charge on any atom is -0.403 e. The molecule has 0 unspecified atom stereocenters. The first-order valence-corrected chi connectivity index (χ1v) is 12.9. The zero-order valence-electron chi connectivity index (χ0n) is 17.9. The molecule has 3 aromatic carbocycles. The SMILES string of the molecule is Cn1nc(Br)c2ccc(CO[Si](c3ccccc3)(c3ccccc3)C(C)(C)C)cc21. The lowest BCUT2D eigenvalue weighted by Crippen LogP contribution is -2.66. The van der Waals surface area contributed by atoms with E-state index in [0.717, 1.165) is 21.1 Å². The Morgan fingerprint density at radius 1 is 0.900 bits per heavy atom. The van der Waals surface area contributed by atoms with Crippen LogP contribution in [0.5, 0.6) is 0 Å². The summed E-state index contributed by atoms with van der Waals surface area (Å²) in [5, 5.41) is 8.16. The van der Waals surface area contributed by atoms with Crippen molar-refractivity contribution >= 4 is 45.5 Å². The van der Waals surface area contributed by atoms with Crippen LogP contribution in [0.3, 0.4) is 0 Å². The molecule has 0 radical (unpaired) electrons. The summed E-state index contributed by atoms with van der Waals surface area (Å²) in [5.74, 6) is 0. The second-order valence-corrected chi connectivity index (χ2v) is 13.8. The predicted molar refractivity (Wildman–Crippen MR) is 131 cm³/mol. The van der Waals surface area contributed by atoms with Gasteiger partial charge in [0.15, 0.2) is 0 Å². The van der Waals surface area contributed by atoms with Crippen LogP contribution in [0, 0.1) is 0 Å². The molecule has 0 saturated carbocycles. The molecule has 0 fully saturated rings. The first-order valence-electron chi connectivity index (χ1n) is 10.2. The molecule has 3 nitrogen and oxygen atoms in total. The summed E-state index contributed by atoms with van der Waals surface area (Å²) in [6, 6.07) is 28.0. The predicted octanol–water partition coefficient (Wildman–Crippen LogP) is 5.41. The molecule has 5 heteroatoms. The van der Waals surface area contributed by atoms with Crippen LogP contribution >= 0.6 is 15.9 Å². The van der Waals surface area contributed by atoms with Gasteiger partial charge in [0.1, 0.15) is 4.60 Å². The summed E-state index contributed by atoms with van der Waals surface area (Å²) in [5.41, 5.74) is 2.26. The third kappa shape index (κ3) is 3.66. The van der Waals surface area contributed by atoms with Gasteiger partial charge in [-0.1, -0.05) is 87.5 Å². The van der Waals surface area contributed by atoms with E-state index in [0.29, 0.717) is 6.61 Å². The zero-order valence-corrected chi connectivity index (χ0v) is 20.5. The number of hydrogen-bond donors (Lipinski definition) is 0. The van der Waals surface area contributed by atoms with Crippen molar-refractivity contribution in [3.05, 3.63) is 89.0 Å². The van der Waals surface area contributed by atoms with E-state index in [1.807, 2.05) is 11.7 Å². The highest BCUT2D eigenvalue weighted by Crippen LogP contribution is 2.37. The number of fused-ring (bicyclic) bond motifs is 1. The normalized spacial score (nSPS) is 12.4. The Bertz CT molecular complexity index is 1110. The first-order chi connectivity index (χ1) is 14.3. The molecule has 0 bridgehead atoms. The quantitative estimate of drug-likeness (QED) is 0.358. The monoisotopic (exact) mass is 478 g/mol. The fourth-order valence-corrected chi connectivity index (χ4v) is 9.41. The molecular weight excluding hydrogens is 452 g/mol. The highest BCUT2D eigenvalue weighted by molar-refractivity contribution is 9.10. The van der Waals surface area contributed by atoms with E-state index in [9.17, 15) is 0 Å². The van der Waals surface area contributed by atoms with Gasteiger partial charge in [0, 0.05) is 12.4 Å². The second kappa shape index (κ2) is 8.14. The van der Waals surface area contributed by atoms with Crippen LogP contribution < -0.4 is 10.4 Å². The number of aromatic nitrogens is 2. The Balaban J connectivity index is 1.80. The van der Waals surface area contributed by atoms with Crippen molar-refractivity contribution in [1.82, 2.24) is 9.78 Å². The number of hydrogen-bond acceptors (Lipinski definition) is 2. The molecule has 0 aliphatic heterocycles. The van der Waals surface area contributed by atoms with E-state index in [1.165, 1.54) is 10.4 Å². The lowest BCUT2D eigenvalue weighted by Gasteiger charge is -2.43. The zero-order chi connectivity index (χ0) is 21.4. The maximum absolute atomic E-state index is 7.05. The van der Waals surface area contributed by atoms with E-state index in [2.05, 4.69) is 121 Å². The van der Waals surface area contributed by atoms with Gasteiger partial charge in [-0.2, -0.15) is 5.10 Å². The number of halogens is 1. The van der Waals surface area contributed by atoms with Gasteiger partial charge >= 0.3 is 0 Å². The van der Waals surface area contributed by atoms with E-state index < -0.39 is 8.32 Å². The minimum atomic E-state index is -2.54. The smallest absolute Gasteiger partial charge is 0.261 e. The fourth-order valence-electron chi connectivity index (χ4n) is 4.30. The molecule has 1 heterocycles. The van der Waals surface area contributed by atoms with E-state index in [4.69, 9.17) is 4.43 Å². The van der Waals surface area contributed by atoms with Crippen LogP contribution in [0.4, 0.5) is 0 Å². The van der Waals surface area contributed by atoms with Crippen LogP contribution in [-0.2, 0) is 18.1 Å². The van der Waals surface area contributed by atoms with Crippen LogP contribution in [0.2, 0.25) is 5.04 Å². The molecule has 0 aliphatic rings. The van der Waals surface area contributed by atoms with Crippen LogP contribution in [-0.4, -0.2) is 18.1 Å². The second-order valence-electron chi connectivity index (χ2n) is 8.72. The van der Waals surface area contributed by atoms with Gasteiger partial charge in [-0.15, -0.1) is 0 Å². The van der Waals surface area contributed by atoms with Gasteiger partial charge in [-0.3, -0.25) is 4.68 Å². The summed E-state index contributed by atoms with van der Waals surface area (Å²) in [7, 11) is -0.568. The number of nitrogens with zero attached hydrogens (tertiary/aromatic N) is 2. The highest BCUT2D eigenvalue weighted by Gasteiger charge is 2.50. The number of rotatable bonds is 5. The molecule has 4 aromatic rings. The molecule has 0 amide bonds. The Morgan fingerprint density at radius 2 is 1.47 bits per heavy atom. The molecule has 0 saturated heterocycles. The van der Waals surface area contributed by atoms with Crippen LogP contribution in [0.25, 0.3) is 10.9 Å². The van der Waals surface area contributed by atoms with Crippen molar-refractivity contribution in [2.75, 3.05) is 0 Å². The van der Waals surface area contributed by atoms with Gasteiger partial charge in [-0.25, -0.2) is 0 Å². The summed E-state index contributed by atoms with van der Waals surface area (Å²) in [6.45, 7) is 7.48. The highest BCUT2D eigenvalue weighted by atomic mass is 79.9. The Labute approximate surface area is 188 Å². The summed E-state index contributed by atoms with van der Waals surface area (Å²) >= 11 is 3.54. The fraction of sp³-hybridized carbons (Fsp3) is 0.240. The largest absolute Gasteiger partial charge is 0.403 e. The molecule has 0 aliphatic carbocycles. The summed E-state index contributed by atoms with van der Waals surface area (Å²) in [6.07, 6.45) is 0. The average molecular weight is 479 g/mol. The third-order valence-electron chi connectivity index (χ3n) is 5.74. The van der Waals surface area contributed by atoms with Gasteiger partial charge in [-0.05, 0) is 49.0 Å². The molecule has 0 N–H and O–H groups in total. The van der Waals surface area contributed by atoms with Crippen LogP contribution in [0.1, 0.15) is 26.3 Å². The van der Waals surface area contributed by atoms with E-state index >= 15 is 0 Å². The molecule has 0 spiro atoms. The molecule has 0 atom stereocenters. The maximum Gasteiger partial charge on any atom is 0.261 e. The molecule has 154 valence electrons. The molecule has 1 aromatic heterocycles. The third-order valence-corrected chi connectivity index (χ3v) is 11.3. The van der Waals surface area contributed by atoms with Crippen molar-refractivity contribution in [3.63, 3.8) is 0 Å². The Hall–Kier alpha value is -2.21. The van der Waals surface area contributed by atoms with Crippen molar-refractivity contribution < 1.29 is 4.43 Å². The van der Waals surface area contributed by atoms with Crippen molar-refractivity contribution in [1.29, 1.82) is 0 Å². The number of aryl methyl sites for hydroxylation is 1. The lowest BCUT2D eigenvalue weighted by atomic mass is 10.2. The first kappa shape index (κ1) is 21.0. The van der Waals surface area contributed by atoms with E-state index in [1.54, 1.807) is 0 Å². The van der Waals surface area contributed by atoms with Crippen LogP contribution in [0.15, 0.2) is 83.5 Å². The number of benzene rings is 3. The summed E-state index contributed by atoms with van der Waals surface area (Å²) < 4.78 is 9.83. The average Bonchev–Trinajstić information content (AvgIpc) is 3.02. The standard InChI is InChI=1S/C25H27BrN2OSi/c1-25(2,3)30(20-11-7-5-8-12-20,21-13-9-6-10-14-21)29-18-19-15-16-22-23(17-19)28(4)27-24(22)26/h5-17H,18H2,1-4H3. The molecule has 30 heavy (non-hydrogen) atoms. The maximum atomic E-state index is 7.05. The van der Waals surface area contributed by atoms with Crippen molar-refractivity contribution in [3.8, 4) is 0 Å². The molecular formula is C25H27BrN2OSi. The van der Waals surface area contributed by atoms with E-state index in [-0.39, 0.29) is 5.04 Å². The summed E-state index contributed by atoms with van der Waals surface area (Å²) in [4.78, 5) is 0. The molecule has 4 rings (SSSR count). The lowest BCUT2D eigenvalue weighted by molar-refractivity contribution is 0.286. The van der Waals surface area contributed by atoms with Gasteiger partial charge < -0.3 is 4.43 Å².